The minimum Gasteiger partial charge on any atom is -0.302 e. The van der Waals surface area contributed by atoms with E-state index in [2.05, 4.69) is 36.0 Å². The van der Waals surface area contributed by atoms with Crippen molar-refractivity contribution >= 4 is 10.9 Å². The third-order valence-corrected chi connectivity index (χ3v) is 2.48. The van der Waals surface area contributed by atoms with E-state index in [1.165, 1.54) is 10.9 Å². The maximum Gasteiger partial charge on any atom is 0.0702 e. The minimum absolute atomic E-state index is 0.812. The second-order valence-corrected chi connectivity index (χ2v) is 3.77. The molecule has 0 bridgehead atoms. The van der Waals surface area contributed by atoms with E-state index < -0.39 is 0 Å². The molecule has 0 aliphatic heterocycles. The average molecular weight is 199 g/mol. The van der Waals surface area contributed by atoms with Crippen LogP contribution in [0.2, 0.25) is 0 Å². The van der Waals surface area contributed by atoms with Crippen LogP contribution in [0.1, 0.15) is 5.56 Å². The molecule has 0 aliphatic carbocycles. The molecule has 1 heterocycles. The van der Waals surface area contributed by atoms with Gasteiger partial charge in [0.15, 0.2) is 0 Å². The van der Waals surface area contributed by atoms with Crippen LogP contribution in [0.25, 0.3) is 10.9 Å². The number of aromatic nitrogens is 1. The molecule has 1 aromatic heterocycles. The molecule has 77 valence electrons. The van der Waals surface area contributed by atoms with Crippen LogP contribution in [0, 0.1) is 6.92 Å². The molecule has 0 aliphatic rings. The Labute approximate surface area is 90.6 Å². The highest BCUT2D eigenvalue weighted by molar-refractivity contribution is 5.78. The lowest BCUT2D eigenvalue weighted by Crippen LogP contribution is -2.16. The van der Waals surface area contributed by atoms with Gasteiger partial charge in [-0.25, -0.2) is 0 Å². The summed E-state index contributed by atoms with van der Waals surface area (Å²) in [6, 6.07) is 10.4. The van der Waals surface area contributed by atoms with Crippen molar-refractivity contribution in [1.82, 2.24) is 9.88 Å². The third kappa shape index (κ3) is 2.34. The Bertz CT molecular complexity index is 451. The average Bonchev–Trinajstić information content (AvgIpc) is 2.29. The SMILES string of the molecule is [CH2]CN(C)Cc1cnc2ccccc2c1. The van der Waals surface area contributed by atoms with Gasteiger partial charge in [0.2, 0.25) is 0 Å². The number of pyridine rings is 1. The molecule has 0 fully saturated rings. The number of hydrogen-bond donors (Lipinski definition) is 0. The van der Waals surface area contributed by atoms with E-state index in [0.717, 1.165) is 18.6 Å². The fraction of sp³-hybridized carbons (Fsp3) is 0.231. The Morgan fingerprint density at radius 2 is 2.13 bits per heavy atom. The van der Waals surface area contributed by atoms with E-state index in [0.29, 0.717) is 0 Å². The smallest absolute Gasteiger partial charge is 0.0702 e. The standard InChI is InChI=1S/C13H15N2/c1-3-15(2)10-11-8-12-6-4-5-7-13(12)14-9-11/h4-9H,1,3,10H2,2H3. The highest BCUT2D eigenvalue weighted by Gasteiger charge is 1.99. The highest BCUT2D eigenvalue weighted by atomic mass is 15.1. The largest absolute Gasteiger partial charge is 0.302 e. The van der Waals surface area contributed by atoms with Gasteiger partial charge in [-0.2, -0.15) is 0 Å². The molecule has 1 radical (unpaired) electrons. The van der Waals surface area contributed by atoms with E-state index in [1.54, 1.807) is 0 Å². The van der Waals surface area contributed by atoms with Crippen LogP contribution in [0.4, 0.5) is 0 Å². The van der Waals surface area contributed by atoms with Gasteiger partial charge in [0.05, 0.1) is 5.52 Å². The van der Waals surface area contributed by atoms with Crippen LogP contribution in [0.5, 0.6) is 0 Å². The molecule has 0 spiro atoms. The fourth-order valence-electron chi connectivity index (χ4n) is 1.59. The summed E-state index contributed by atoms with van der Waals surface area (Å²) < 4.78 is 0. The number of rotatable bonds is 3. The zero-order valence-corrected chi connectivity index (χ0v) is 8.98. The van der Waals surface area contributed by atoms with Gasteiger partial charge in [0.25, 0.3) is 0 Å². The summed E-state index contributed by atoms with van der Waals surface area (Å²) in [5, 5.41) is 1.20. The van der Waals surface area contributed by atoms with Crippen molar-refractivity contribution in [3.63, 3.8) is 0 Å². The number of fused-ring (bicyclic) bond motifs is 1. The van der Waals surface area contributed by atoms with Crippen molar-refractivity contribution in [2.45, 2.75) is 6.54 Å². The molecule has 1 aromatic carbocycles. The fourth-order valence-corrected chi connectivity index (χ4v) is 1.59. The Hall–Kier alpha value is -1.41. The minimum atomic E-state index is 0.812. The molecule has 0 amide bonds. The van der Waals surface area contributed by atoms with Gasteiger partial charge in [-0.1, -0.05) is 18.2 Å². The summed E-state index contributed by atoms with van der Waals surface area (Å²) in [6.07, 6.45) is 1.94. The van der Waals surface area contributed by atoms with Gasteiger partial charge in [0, 0.05) is 18.1 Å². The molecular weight excluding hydrogens is 184 g/mol. The molecule has 0 N–H and O–H groups in total. The van der Waals surface area contributed by atoms with Gasteiger partial charge >= 0.3 is 0 Å². The van der Waals surface area contributed by atoms with E-state index in [9.17, 15) is 0 Å². The molecule has 2 aromatic rings. The molecule has 2 nitrogen and oxygen atoms in total. The second kappa shape index (κ2) is 4.41. The first kappa shape index (κ1) is 10.1. The first-order valence-electron chi connectivity index (χ1n) is 5.11. The van der Waals surface area contributed by atoms with Gasteiger partial charge in [0.1, 0.15) is 0 Å². The van der Waals surface area contributed by atoms with Crippen molar-refractivity contribution in [2.24, 2.45) is 0 Å². The number of nitrogens with zero attached hydrogens (tertiary/aromatic N) is 2. The van der Waals surface area contributed by atoms with Crippen molar-refractivity contribution in [1.29, 1.82) is 0 Å². The lowest BCUT2D eigenvalue weighted by Gasteiger charge is -2.13. The summed E-state index contributed by atoms with van der Waals surface area (Å²) >= 11 is 0. The van der Waals surface area contributed by atoms with Gasteiger partial charge in [-0.3, -0.25) is 4.98 Å². The number of benzene rings is 1. The highest BCUT2D eigenvalue weighted by Crippen LogP contribution is 2.13. The van der Waals surface area contributed by atoms with Gasteiger partial charge in [-0.05, 0) is 38.2 Å². The molecule has 2 heteroatoms. The molecule has 2 rings (SSSR count). The van der Waals surface area contributed by atoms with E-state index >= 15 is 0 Å². The zero-order valence-electron chi connectivity index (χ0n) is 8.98. The first-order chi connectivity index (χ1) is 7.29. The second-order valence-electron chi connectivity index (χ2n) is 3.77. The Balaban J connectivity index is 2.30. The first-order valence-corrected chi connectivity index (χ1v) is 5.11. The molecular formula is C13H15N2. The van der Waals surface area contributed by atoms with E-state index in [-0.39, 0.29) is 0 Å². The number of hydrogen-bond acceptors (Lipinski definition) is 2. The molecule has 0 atom stereocenters. The zero-order chi connectivity index (χ0) is 10.7. The summed E-state index contributed by atoms with van der Waals surface area (Å²) in [6.45, 7) is 5.57. The van der Waals surface area contributed by atoms with Crippen molar-refractivity contribution < 1.29 is 0 Å². The van der Waals surface area contributed by atoms with Gasteiger partial charge in [-0.15, -0.1) is 0 Å². The Kier molecular flexibility index (Phi) is 2.97. The molecule has 0 saturated carbocycles. The normalized spacial score (nSPS) is 11.1. The van der Waals surface area contributed by atoms with Crippen LogP contribution in [0.3, 0.4) is 0 Å². The number of para-hydroxylation sites is 1. The van der Waals surface area contributed by atoms with Crippen LogP contribution >= 0.6 is 0 Å². The van der Waals surface area contributed by atoms with Crippen molar-refractivity contribution in [2.75, 3.05) is 13.6 Å². The predicted octanol–water partition coefficient (Wildman–Crippen LogP) is 2.50. The summed E-state index contributed by atoms with van der Waals surface area (Å²) in [4.78, 5) is 6.58. The van der Waals surface area contributed by atoms with Crippen LogP contribution < -0.4 is 0 Å². The van der Waals surface area contributed by atoms with Crippen LogP contribution in [-0.2, 0) is 6.54 Å². The Morgan fingerprint density at radius 1 is 1.33 bits per heavy atom. The summed E-state index contributed by atoms with van der Waals surface area (Å²) in [5.41, 5.74) is 2.29. The molecule has 15 heavy (non-hydrogen) atoms. The Morgan fingerprint density at radius 3 is 2.93 bits per heavy atom. The summed E-state index contributed by atoms with van der Waals surface area (Å²) in [7, 11) is 2.06. The van der Waals surface area contributed by atoms with Crippen LogP contribution in [-0.4, -0.2) is 23.5 Å². The van der Waals surface area contributed by atoms with Crippen LogP contribution in [0.15, 0.2) is 36.5 Å². The maximum atomic E-state index is 4.42. The maximum absolute atomic E-state index is 4.42. The lowest BCUT2D eigenvalue weighted by atomic mass is 10.1. The van der Waals surface area contributed by atoms with Gasteiger partial charge < -0.3 is 4.90 Å². The lowest BCUT2D eigenvalue weighted by molar-refractivity contribution is 0.362. The third-order valence-electron chi connectivity index (χ3n) is 2.48. The topological polar surface area (TPSA) is 16.1 Å². The summed E-state index contributed by atoms with van der Waals surface area (Å²) in [5.74, 6) is 0. The monoisotopic (exact) mass is 199 g/mol. The van der Waals surface area contributed by atoms with Crippen molar-refractivity contribution in [3.05, 3.63) is 49.0 Å². The predicted molar refractivity (Wildman–Crippen MR) is 63.4 cm³/mol. The van der Waals surface area contributed by atoms with E-state index in [1.807, 2.05) is 24.4 Å². The molecule has 0 saturated heterocycles. The molecule has 0 unspecified atom stereocenters. The quantitative estimate of drug-likeness (QED) is 0.755. The van der Waals surface area contributed by atoms with E-state index in [4.69, 9.17) is 0 Å². The van der Waals surface area contributed by atoms with Crippen molar-refractivity contribution in [3.8, 4) is 0 Å².